The van der Waals surface area contributed by atoms with E-state index in [1.54, 1.807) is 19.1 Å². The third-order valence-corrected chi connectivity index (χ3v) is 4.01. The van der Waals surface area contributed by atoms with Crippen LogP contribution in [0.3, 0.4) is 0 Å². The van der Waals surface area contributed by atoms with E-state index in [2.05, 4.69) is 5.32 Å². The van der Waals surface area contributed by atoms with Gasteiger partial charge in [-0.05, 0) is 50.6 Å². The van der Waals surface area contributed by atoms with Gasteiger partial charge in [-0.1, -0.05) is 12.1 Å². The van der Waals surface area contributed by atoms with Crippen LogP contribution in [0.5, 0.6) is 0 Å². The normalized spacial score (nSPS) is 12.7. The number of carbonyl (C=O) groups excluding carboxylic acids is 2. The van der Waals surface area contributed by atoms with Gasteiger partial charge in [-0.25, -0.2) is 9.18 Å². The fraction of sp³-hybridized carbons (Fsp3) is 0.263. The number of esters is 1. The number of benzene rings is 2. The molecule has 1 amide bonds. The van der Waals surface area contributed by atoms with Crippen molar-refractivity contribution in [3.05, 3.63) is 75.1 Å². The highest BCUT2D eigenvalue weighted by Gasteiger charge is 2.22. The maximum Gasteiger partial charge on any atom is 0.338 e. The summed E-state index contributed by atoms with van der Waals surface area (Å²) in [6.45, 7) is 4.65. The summed E-state index contributed by atoms with van der Waals surface area (Å²) in [6.07, 6.45) is -1.07. The Morgan fingerprint density at radius 2 is 1.78 bits per heavy atom. The molecular formula is C19H19FN2O5. The molecule has 0 radical (unpaired) electrons. The van der Waals surface area contributed by atoms with E-state index in [1.165, 1.54) is 44.2 Å². The number of rotatable bonds is 6. The van der Waals surface area contributed by atoms with Gasteiger partial charge in [0.1, 0.15) is 5.82 Å². The average Bonchev–Trinajstić information content (AvgIpc) is 2.61. The maximum absolute atomic E-state index is 13.0. The van der Waals surface area contributed by atoms with Gasteiger partial charge in [0.2, 0.25) is 0 Å². The van der Waals surface area contributed by atoms with Gasteiger partial charge in [-0.15, -0.1) is 0 Å². The summed E-state index contributed by atoms with van der Waals surface area (Å²) in [7, 11) is 0. The number of nitro groups is 1. The molecule has 2 aromatic carbocycles. The highest BCUT2D eigenvalue weighted by molar-refractivity contribution is 5.92. The van der Waals surface area contributed by atoms with E-state index in [-0.39, 0.29) is 17.1 Å². The first kappa shape index (κ1) is 20.0. The molecule has 8 heteroatoms. The van der Waals surface area contributed by atoms with Crippen LogP contribution >= 0.6 is 0 Å². The minimum atomic E-state index is -1.07. The maximum atomic E-state index is 13.0. The Hall–Kier alpha value is -3.29. The Kier molecular flexibility index (Phi) is 6.23. The van der Waals surface area contributed by atoms with Gasteiger partial charge < -0.3 is 10.1 Å². The number of ether oxygens (including phenoxy) is 1. The molecule has 2 rings (SSSR count). The van der Waals surface area contributed by atoms with E-state index in [0.29, 0.717) is 11.1 Å². The first-order valence-corrected chi connectivity index (χ1v) is 8.21. The third kappa shape index (κ3) is 5.10. The first-order chi connectivity index (χ1) is 12.7. The van der Waals surface area contributed by atoms with Gasteiger partial charge in [0.15, 0.2) is 6.10 Å². The van der Waals surface area contributed by atoms with Crippen LogP contribution < -0.4 is 5.32 Å². The van der Waals surface area contributed by atoms with Crippen molar-refractivity contribution < 1.29 is 23.6 Å². The second-order valence-corrected chi connectivity index (χ2v) is 6.09. The van der Waals surface area contributed by atoms with Crippen LogP contribution in [-0.2, 0) is 9.53 Å². The second kappa shape index (κ2) is 8.39. The molecule has 0 saturated heterocycles. The van der Waals surface area contributed by atoms with Crippen LogP contribution in [0, 0.1) is 22.9 Å². The zero-order valence-electron chi connectivity index (χ0n) is 15.1. The molecule has 0 aliphatic rings. The van der Waals surface area contributed by atoms with E-state index in [4.69, 9.17) is 4.74 Å². The molecule has 0 spiro atoms. The molecule has 0 saturated carbocycles. The molecule has 1 N–H and O–H groups in total. The van der Waals surface area contributed by atoms with E-state index in [9.17, 15) is 24.1 Å². The Bertz CT molecular complexity index is 867. The van der Waals surface area contributed by atoms with E-state index >= 15 is 0 Å². The summed E-state index contributed by atoms with van der Waals surface area (Å²) < 4.78 is 18.1. The highest BCUT2D eigenvalue weighted by atomic mass is 19.1. The number of nitrogens with one attached hydrogen (secondary N) is 1. The van der Waals surface area contributed by atoms with Gasteiger partial charge in [-0.3, -0.25) is 14.9 Å². The topological polar surface area (TPSA) is 98.5 Å². The molecule has 142 valence electrons. The van der Waals surface area contributed by atoms with Crippen molar-refractivity contribution in [1.82, 2.24) is 5.32 Å². The number of aryl methyl sites for hydroxylation is 1. The SMILES string of the molecule is Cc1cc(C(=O)O[C@H](C)C(=O)N[C@@H](C)c2ccc(F)cc2)ccc1[N+](=O)[O-]. The molecule has 0 aliphatic heterocycles. The van der Waals surface area contributed by atoms with Crippen LogP contribution in [0.15, 0.2) is 42.5 Å². The number of carbonyl (C=O) groups is 2. The molecule has 0 fully saturated rings. The van der Waals surface area contributed by atoms with Crippen molar-refractivity contribution >= 4 is 17.6 Å². The van der Waals surface area contributed by atoms with Crippen LogP contribution in [0.2, 0.25) is 0 Å². The standard InChI is InChI=1S/C19H19FN2O5/c1-11-10-15(6-9-17(11)22(25)26)19(24)27-13(3)18(23)21-12(2)14-4-7-16(20)8-5-14/h4-10,12-13H,1-3H3,(H,21,23)/t12-,13+/m0/s1. The summed E-state index contributed by atoms with van der Waals surface area (Å²) in [4.78, 5) is 34.7. The Labute approximate surface area is 155 Å². The van der Waals surface area contributed by atoms with Crippen molar-refractivity contribution in [1.29, 1.82) is 0 Å². The number of halogens is 1. The lowest BCUT2D eigenvalue weighted by Gasteiger charge is -2.18. The largest absolute Gasteiger partial charge is 0.449 e. The van der Waals surface area contributed by atoms with Crippen molar-refractivity contribution in [3.8, 4) is 0 Å². The molecular weight excluding hydrogens is 355 g/mol. The molecule has 7 nitrogen and oxygen atoms in total. The molecule has 0 heterocycles. The average molecular weight is 374 g/mol. The Morgan fingerprint density at radius 1 is 1.15 bits per heavy atom. The molecule has 27 heavy (non-hydrogen) atoms. The number of nitrogens with zero attached hydrogens (tertiary/aromatic N) is 1. The van der Waals surface area contributed by atoms with Crippen molar-refractivity contribution in [2.24, 2.45) is 0 Å². The molecule has 0 unspecified atom stereocenters. The molecule has 0 aromatic heterocycles. The van der Waals surface area contributed by atoms with E-state index < -0.39 is 28.9 Å². The van der Waals surface area contributed by atoms with Crippen molar-refractivity contribution in [2.45, 2.75) is 32.9 Å². The fourth-order valence-corrected chi connectivity index (χ4v) is 2.43. The number of hydrogen-bond donors (Lipinski definition) is 1. The lowest BCUT2D eigenvalue weighted by Crippen LogP contribution is -2.37. The van der Waals surface area contributed by atoms with Crippen molar-refractivity contribution in [3.63, 3.8) is 0 Å². The molecule has 0 aliphatic carbocycles. The quantitative estimate of drug-likeness (QED) is 0.474. The van der Waals surface area contributed by atoms with E-state index in [0.717, 1.165) is 0 Å². The summed E-state index contributed by atoms with van der Waals surface area (Å²) >= 11 is 0. The third-order valence-electron chi connectivity index (χ3n) is 4.01. The predicted octanol–water partition coefficient (Wildman–Crippen LogP) is 3.47. The summed E-state index contributed by atoms with van der Waals surface area (Å²) in [5.74, 6) is -1.65. The van der Waals surface area contributed by atoms with Gasteiger partial charge in [-0.2, -0.15) is 0 Å². The van der Waals surface area contributed by atoms with Gasteiger partial charge in [0.05, 0.1) is 16.5 Å². The fourth-order valence-electron chi connectivity index (χ4n) is 2.43. The smallest absolute Gasteiger partial charge is 0.338 e. The monoisotopic (exact) mass is 374 g/mol. The van der Waals surface area contributed by atoms with Gasteiger partial charge >= 0.3 is 5.97 Å². The minimum Gasteiger partial charge on any atom is -0.449 e. The number of hydrogen-bond acceptors (Lipinski definition) is 5. The van der Waals surface area contributed by atoms with Crippen LogP contribution in [-0.4, -0.2) is 22.9 Å². The molecule has 2 atom stereocenters. The summed E-state index contributed by atoms with van der Waals surface area (Å²) in [5, 5.41) is 13.5. The lowest BCUT2D eigenvalue weighted by atomic mass is 10.1. The Morgan fingerprint density at radius 3 is 2.33 bits per heavy atom. The van der Waals surface area contributed by atoms with E-state index in [1.807, 2.05) is 0 Å². The predicted molar refractivity (Wildman–Crippen MR) is 95.7 cm³/mol. The van der Waals surface area contributed by atoms with Crippen LogP contribution in [0.1, 0.15) is 41.4 Å². The van der Waals surface area contributed by atoms with Crippen molar-refractivity contribution in [2.75, 3.05) is 0 Å². The zero-order chi connectivity index (χ0) is 20.1. The summed E-state index contributed by atoms with van der Waals surface area (Å²) in [5.41, 5.74) is 1.03. The molecule has 2 aromatic rings. The Balaban J connectivity index is 1.99. The van der Waals surface area contributed by atoms with Crippen LogP contribution in [0.25, 0.3) is 0 Å². The van der Waals surface area contributed by atoms with Crippen LogP contribution in [0.4, 0.5) is 10.1 Å². The van der Waals surface area contributed by atoms with Gasteiger partial charge in [0.25, 0.3) is 11.6 Å². The number of amides is 1. The lowest BCUT2D eigenvalue weighted by molar-refractivity contribution is -0.385. The first-order valence-electron chi connectivity index (χ1n) is 8.21. The molecule has 0 bridgehead atoms. The summed E-state index contributed by atoms with van der Waals surface area (Å²) in [6, 6.07) is 9.11. The minimum absolute atomic E-state index is 0.106. The zero-order valence-corrected chi connectivity index (χ0v) is 15.1. The number of nitro benzene ring substituents is 1. The second-order valence-electron chi connectivity index (χ2n) is 6.09. The highest BCUT2D eigenvalue weighted by Crippen LogP contribution is 2.20. The van der Waals surface area contributed by atoms with Gasteiger partial charge in [0, 0.05) is 11.6 Å².